The smallest absolute Gasteiger partial charge is 0.338 e. The number of benzene rings is 2. The van der Waals surface area contributed by atoms with Crippen LogP contribution in [0.2, 0.25) is 0 Å². The average molecular weight is 680 g/mol. The molecule has 3 amide bonds. The summed E-state index contributed by atoms with van der Waals surface area (Å²) in [5.41, 5.74) is 4.34. The molecule has 0 unspecified atom stereocenters. The van der Waals surface area contributed by atoms with Gasteiger partial charge in [0.25, 0.3) is 5.91 Å². The molecule has 0 saturated carbocycles. The highest BCUT2D eigenvalue weighted by molar-refractivity contribution is 9.11. The fourth-order valence-electron chi connectivity index (χ4n) is 3.69. The molecule has 0 aliphatic carbocycles. The van der Waals surface area contributed by atoms with Gasteiger partial charge in [-0.3, -0.25) is 4.79 Å². The minimum Gasteiger partial charge on any atom is -0.493 e. The lowest BCUT2D eigenvalue weighted by molar-refractivity contribution is -0.139. The number of amides is 3. The zero-order chi connectivity index (χ0) is 29.2. The van der Waals surface area contributed by atoms with E-state index in [9.17, 15) is 14.4 Å². The Morgan fingerprint density at radius 3 is 2.52 bits per heavy atom. The van der Waals surface area contributed by atoms with Crippen LogP contribution < -0.4 is 30.3 Å². The van der Waals surface area contributed by atoms with Gasteiger partial charge in [0.05, 0.1) is 40.5 Å². The molecule has 3 N–H and O–H groups in total. The molecule has 0 fully saturated rings. The number of methoxy groups -OCH3 is 1. The number of esters is 1. The molecule has 0 saturated heterocycles. The van der Waals surface area contributed by atoms with Crippen molar-refractivity contribution in [2.24, 2.45) is 5.10 Å². The van der Waals surface area contributed by atoms with E-state index in [4.69, 9.17) is 18.9 Å². The number of nitrogens with one attached hydrogen (secondary N) is 3. The molecule has 2 aromatic carbocycles. The SMILES string of the molecule is C=CCOc1c(Br)cc(/C=N\NC(=O)COc2ccc([C@@H]3NC(=O)NC(C)=C3C(=O)OCC)cc2OC)cc1Br. The van der Waals surface area contributed by atoms with Crippen molar-refractivity contribution in [3.05, 3.63) is 74.3 Å². The van der Waals surface area contributed by atoms with Crippen molar-refractivity contribution in [1.29, 1.82) is 0 Å². The zero-order valence-electron chi connectivity index (χ0n) is 22.0. The molecule has 0 aromatic heterocycles. The Balaban J connectivity index is 1.66. The summed E-state index contributed by atoms with van der Waals surface area (Å²) in [5, 5.41) is 9.28. The van der Waals surface area contributed by atoms with Gasteiger partial charge in [0, 0.05) is 5.70 Å². The van der Waals surface area contributed by atoms with Crippen LogP contribution in [-0.2, 0) is 14.3 Å². The Kier molecular flexibility index (Phi) is 11.1. The van der Waals surface area contributed by atoms with E-state index in [1.54, 1.807) is 50.3 Å². The first kappa shape index (κ1) is 30.7. The van der Waals surface area contributed by atoms with Crippen LogP contribution in [0.15, 0.2) is 68.3 Å². The number of nitrogens with zero attached hydrogens (tertiary/aromatic N) is 1. The van der Waals surface area contributed by atoms with Gasteiger partial charge in [-0.15, -0.1) is 0 Å². The first-order chi connectivity index (χ1) is 19.2. The monoisotopic (exact) mass is 678 g/mol. The molecule has 212 valence electrons. The van der Waals surface area contributed by atoms with Gasteiger partial charge in [0.2, 0.25) is 0 Å². The van der Waals surface area contributed by atoms with Crippen molar-refractivity contribution in [1.82, 2.24) is 16.1 Å². The van der Waals surface area contributed by atoms with Gasteiger partial charge in [-0.05, 0) is 81.1 Å². The molecule has 0 spiro atoms. The van der Waals surface area contributed by atoms with E-state index < -0.39 is 23.9 Å². The van der Waals surface area contributed by atoms with Crippen molar-refractivity contribution in [2.75, 3.05) is 26.9 Å². The summed E-state index contributed by atoms with van der Waals surface area (Å²) in [5.74, 6) is 0.161. The number of ether oxygens (including phenoxy) is 4. The zero-order valence-corrected chi connectivity index (χ0v) is 25.2. The maximum absolute atomic E-state index is 12.6. The molecule has 1 atom stereocenters. The minimum absolute atomic E-state index is 0.185. The molecule has 2 aromatic rings. The van der Waals surface area contributed by atoms with Gasteiger partial charge in [-0.2, -0.15) is 5.10 Å². The summed E-state index contributed by atoms with van der Waals surface area (Å²) in [4.78, 5) is 37.0. The fourth-order valence-corrected chi connectivity index (χ4v) is 5.15. The van der Waals surface area contributed by atoms with Crippen molar-refractivity contribution >= 4 is 56.0 Å². The minimum atomic E-state index is -0.768. The van der Waals surface area contributed by atoms with Gasteiger partial charge >= 0.3 is 12.0 Å². The predicted octanol–water partition coefficient (Wildman–Crippen LogP) is 4.51. The average Bonchev–Trinajstić information content (AvgIpc) is 2.91. The molecule has 11 nitrogen and oxygen atoms in total. The second-order valence-electron chi connectivity index (χ2n) is 8.20. The third-order valence-electron chi connectivity index (χ3n) is 5.41. The molecule has 0 bridgehead atoms. The molecule has 1 aliphatic heterocycles. The van der Waals surface area contributed by atoms with Gasteiger partial charge in [-0.25, -0.2) is 15.0 Å². The number of hydrazone groups is 1. The maximum atomic E-state index is 12.6. The van der Waals surface area contributed by atoms with Gasteiger partial charge in [-0.1, -0.05) is 18.7 Å². The molecule has 1 heterocycles. The topological polar surface area (TPSA) is 137 Å². The van der Waals surface area contributed by atoms with Crippen LogP contribution in [0.1, 0.15) is 31.0 Å². The lowest BCUT2D eigenvalue weighted by Crippen LogP contribution is -2.45. The van der Waals surface area contributed by atoms with Crippen LogP contribution in [0.5, 0.6) is 17.2 Å². The highest BCUT2D eigenvalue weighted by Gasteiger charge is 2.32. The number of carbonyl (C=O) groups is 3. The van der Waals surface area contributed by atoms with Crippen LogP contribution in [0.3, 0.4) is 0 Å². The number of rotatable bonds is 12. The number of hydrogen-bond donors (Lipinski definition) is 3. The third kappa shape index (κ3) is 7.85. The summed E-state index contributed by atoms with van der Waals surface area (Å²) in [6, 6.07) is 7.22. The van der Waals surface area contributed by atoms with Gasteiger partial charge in [0.15, 0.2) is 18.1 Å². The molecule has 3 rings (SSSR count). The Morgan fingerprint density at radius 2 is 1.88 bits per heavy atom. The number of carbonyl (C=O) groups excluding carboxylic acids is 3. The quantitative estimate of drug-likeness (QED) is 0.130. The molecule has 1 aliphatic rings. The van der Waals surface area contributed by atoms with Crippen LogP contribution >= 0.6 is 31.9 Å². The van der Waals surface area contributed by atoms with E-state index in [0.717, 1.165) is 0 Å². The van der Waals surface area contributed by atoms with E-state index in [2.05, 4.69) is 59.6 Å². The Hall–Kier alpha value is -3.84. The largest absolute Gasteiger partial charge is 0.493 e. The number of halogens is 2. The van der Waals surface area contributed by atoms with E-state index >= 15 is 0 Å². The molecule has 0 radical (unpaired) electrons. The van der Waals surface area contributed by atoms with Crippen molar-refractivity contribution in [2.45, 2.75) is 19.9 Å². The van der Waals surface area contributed by atoms with Gasteiger partial charge in [0.1, 0.15) is 12.4 Å². The predicted molar refractivity (Wildman–Crippen MR) is 156 cm³/mol. The number of allylic oxidation sites excluding steroid dienone is 1. The lowest BCUT2D eigenvalue weighted by Gasteiger charge is -2.28. The van der Waals surface area contributed by atoms with Crippen molar-refractivity contribution < 1.29 is 33.3 Å². The van der Waals surface area contributed by atoms with Crippen LogP contribution in [0.25, 0.3) is 0 Å². The number of hydrogen-bond acceptors (Lipinski definition) is 8. The summed E-state index contributed by atoms with van der Waals surface area (Å²) in [7, 11) is 1.44. The molecular weight excluding hydrogens is 652 g/mol. The van der Waals surface area contributed by atoms with Crippen LogP contribution in [0, 0.1) is 0 Å². The molecule has 40 heavy (non-hydrogen) atoms. The van der Waals surface area contributed by atoms with Crippen LogP contribution in [-0.4, -0.2) is 51.1 Å². The second kappa shape index (κ2) is 14.5. The summed E-state index contributed by atoms with van der Waals surface area (Å²) < 4.78 is 23.2. The first-order valence-corrected chi connectivity index (χ1v) is 13.6. The van der Waals surface area contributed by atoms with E-state index in [1.165, 1.54) is 13.3 Å². The van der Waals surface area contributed by atoms with Gasteiger partial charge < -0.3 is 29.6 Å². The second-order valence-corrected chi connectivity index (χ2v) is 9.90. The van der Waals surface area contributed by atoms with E-state index in [-0.39, 0.29) is 24.5 Å². The highest BCUT2D eigenvalue weighted by Crippen LogP contribution is 2.35. The Bertz CT molecular complexity index is 1340. The maximum Gasteiger partial charge on any atom is 0.338 e. The van der Waals surface area contributed by atoms with Crippen molar-refractivity contribution in [3.8, 4) is 17.2 Å². The Morgan fingerprint density at radius 1 is 1.15 bits per heavy atom. The first-order valence-electron chi connectivity index (χ1n) is 12.0. The highest BCUT2D eigenvalue weighted by atomic mass is 79.9. The fraction of sp³-hybridized carbons (Fsp3) is 0.259. The summed E-state index contributed by atoms with van der Waals surface area (Å²) >= 11 is 6.89. The third-order valence-corrected chi connectivity index (χ3v) is 6.59. The van der Waals surface area contributed by atoms with Crippen LogP contribution in [0.4, 0.5) is 4.79 Å². The summed E-state index contributed by atoms with van der Waals surface area (Å²) in [6.45, 7) is 7.15. The normalized spacial score (nSPS) is 14.7. The summed E-state index contributed by atoms with van der Waals surface area (Å²) in [6.07, 6.45) is 3.12. The number of urea groups is 1. The van der Waals surface area contributed by atoms with E-state index in [1.807, 2.05) is 0 Å². The standard InChI is InChI=1S/C27H28Br2N4O7/c1-5-9-39-25-18(28)10-16(11-19(25)29)13-30-33-22(34)14-40-20-8-7-17(12-21(20)37-4)24-23(26(35)38-6-2)15(3)31-27(36)32-24/h5,7-8,10-13,24H,1,6,9,14H2,2-4H3,(H,33,34)(H2,31,32,36)/b30-13-/t24-/m0/s1. The van der Waals surface area contributed by atoms with Crippen molar-refractivity contribution in [3.63, 3.8) is 0 Å². The lowest BCUT2D eigenvalue weighted by atomic mass is 9.95. The molecule has 13 heteroatoms. The Labute approximate surface area is 248 Å². The molecular formula is C27H28Br2N4O7. The van der Waals surface area contributed by atoms with E-state index in [0.29, 0.717) is 43.9 Å².